The molecule has 0 aliphatic carbocycles. The van der Waals surface area contributed by atoms with Crippen LogP contribution in [0.3, 0.4) is 0 Å². The van der Waals surface area contributed by atoms with E-state index in [-0.39, 0.29) is 16.8 Å². The monoisotopic (exact) mass is 311 g/mol. The average molecular weight is 312 g/mol. The molecule has 0 atom stereocenters. The summed E-state index contributed by atoms with van der Waals surface area (Å²) >= 11 is 3.19. The maximum Gasteiger partial charge on any atom is 0.198 e. The molecule has 2 rings (SSSR count). The molecule has 0 aliphatic rings. The van der Waals surface area contributed by atoms with Crippen molar-refractivity contribution >= 4 is 27.4 Å². The van der Waals surface area contributed by atoms with Crippen LogP contribution in [0.5, 0.6) is 0 Å². The van der Waals surface area contributed by atoms with E-state index >= 15 is 0 Å². The molecule has 18 heavy (non-hydrogen) atoms. The summed E-state index contributed by atoms with van der Waals surface area (Å²) in [5.74, 6) is -2.10. The molecule has 0 unspecified atom stereocenters. The lowest BCUT2D eigenvalue weighted by atomic mass is 10.0. The van der Waals surface area contributed by atoms with Crippen molar-refractivity contribution in [1.29, 1.82) is 0 Å². The lowest BCUT2D eigenvalue weighted by Gasteiger charge is -2.06. The fraction of sp³-hybridized carbons (Fsp3) is 0. The molecule has 0 aliphatic heterocycles. The number of nitrogens with two attached hydrogens (primary N) is 1. The van der Waals surface area contributed by atoms with Crippen molar-refractivity contribution in [3.8, 4) is 0 Å². The van der Waals surface area contributed by atoms with E-state index in [9.17, 15) is 13.6 Å². The van der Waals surface area contributed by atoms with Crippen molar-refractivity contribution in [3.63, 3.8) is 0 Å². The minimum atomic E-state index is -0.777. The topological polar surface area (TPSA) is 43.1 Å². The van der Waals surface area contributed by atoms with Gasteiger partial charge in [-0.2, -0.15) is 0 Å². The standard InChI is InChI=1S/C13H8BrF2NO/c14-7-1-4-12(17)10(5-7)13(18)9-6-8(15)2-3-11(9)16/h1-6H,17H2. The lowest BCUT2D eigenvalue weighted by Crippen LogP contribution is -2.08. The smallest absolute Gasteiger partial charge is 0.198 e. The Bertz CT molecular complexity index is 575. The summed E-state index contributed by atoms with van der Waals surface area (Å²) < 4.78 is 27.2. The van der Waals surface area contributed by atoms with Gasteiger partial charge in [-0.05, 0) is 36.4 Å². The van der Waals surface area contributed by atoms with E-state index in [2.05, 4.69) is 15.9 Å². The fourth-order valence-electron chi connectivity index (χ4n) is 1.54. The maximum absolute atomic E-state index is 13.5. The second kappa shape index (κ2) is 4.86. The molecule has 0 saturated carbocycles. The number of nitrogen functional groups attached to an aromatic ring is 1. The first kappa shape index (κ1) is 12.7. The number of hydrogen-bond acceptors (Lipinski definition) is 2. The quantitative estimate of drug-likeness (QED) is 0.681. The molecule has 0 amide bonds. The highest BCUT2D eigenvalue weighted by Gasteiger charge is 2.17. The summed E-state index contributed by atoms with van der Waals surface area (Å²) in [6.07, 6.45) is 0. The molecular formula is C13H8BrF2NO. The molecule has 5 heteroatoms. The lowest BCUT2D eigenvalue weighted by molar-refractivity contribution is 0.103. The van der Waals surface area contributed by atoms with E-state index in [4.69, 9.17) is 5.73 Å². The van der Waals surface area contributed by atoms with Crippen LogP contribution in [0, 0.1) is 11.6 Å². The fourth-order valence-corrected chi connectivity index (χ4v) is 1.90. The number of anilines is 1. The molecule has 2 nitrogen and oxygen atoms in total. The molecule has 0 aromatic heterocycles. The average Bonchev–Trinajstić information content (AvgIpc) is 2.34. The molecule has 2 N–H and O–H groups in total. The Kier molecular flexibility index (Phi) is 3.43. The summed E-state index contributed by atoms with van der Waals surface area (Å²) in [7, 11) is 0. The van der Waals surface area contributed by atoms with Crippen LogP contribution in [0.4, 0.5) is 14.5 Å². The Morgan fingerprint density at radius 1 is 1.06 bits per heavy atom. The Labute approximate surface area is 111 Å². The normalized spacial score (nSPS) is 10.4. The summed E-state index contributed by atoms with van der Waals surface area (Å²) in [6, 6.07) is 7.38. The minimum Gasteiger partial charge on any atom is -0.398 e. The molecule has 0 bridgehead atoms. The third-order valence-electron chi connectivity index (χ3n) is 2.43. The van der Waals surface area contributed by atoms with Gasteiger partial charge in [0.15, 0.2) is 5.78 Å². The van der Waals surface area contributed by atoms with E-state index in [1.165, 1.54) is 12.1 Å². The molecular weight excluding hydrogens is 304 g/mol. The highest BCUT2D eigenvalue weighted by atomic mass is 79.9. The third kappa shape index (κ3) is 2.41. The molecule has 2 aromatic carbocycles. The highest BCUT2D eigenvalue weighted by Crippen LogP contribution is 2.23. The molecule has 0 heterocycles. The predicted octanol–water partition coefficient (Wildman–Crippen LogP) is 3.54. The van der Waals surface area contributed by atoms with Crippen molar-refractivity contribution in [1.82, 2.24) is 0 Å². The summed E-state index contributed by atoms with van der Waals surface area (Å²) in [4.78, 5) is 12.1. The van der Waals surface area contributed by atoms with Gasteiger partial charge >= 0.3 is 0 Å². The number of halogens is 3. The van der Waals surface area contributed by atoms with E-state index < -0.39 is 17.4 Å². The Hall–Kier alpha value is -1.75. The van der Waals surface area contributed by atoms with Crippen molar-refractivity contribution in [2.24, 2.45) is 0 Å². The maximum atomic E-state index is 13.5. The van der Waals surface area contributed by atoms with Crippen LogP contribution in [-0.4, -0.2) is 5.78 Å². The zero-order chi connectivity index (χ0) is 13.3. The van der Waals surface area contributed by atoms with Gasteiger partial charge in [0.1, 0.15) is 11.6 Å². The first-order chi connectivity index (χ1) is 8.49. The summed E-state index contributed by atoms with van der Waals surface area (Å²) in [5.41, 5.74) is 5.67. The van der Waals surface area contributed by atoms with Crippen LogP contribution in [-0.2, 0) is 0 Å². The number of carbonyl (C=O) groups excluding carboxylic acids is 1. The van der Waals surface area contributed by atoms with Gasteiger partial charge in [-0.25, -0.2) is 8.78 Å². The Morgan fingerprint density at radius 3 is 2.50 bits per heavy atom. The van der Waals surface area contributed by atoms with Crippen LogP contribution in [0.2, 0.25) is 0 Å². The summed E-state index contributed by atoms with van der Waals surface area (Å²) in [6.45, 7) is 0. The van der Waals surface area contributed by atoms with Crippen molar-refractivity contribution in [2.45, 2.75) is 0 Å². The van der Waals surface area contributed by atoms with Gasteiger partial charge < -0.3 is 5.73 Å². The third-order valence-corrected chi connectivity index (χ3v) is 2.93. The van der Waals surface area contributed by atoms with Gasteiger partial charge in [0, 0.05) is 15.7 Å². The van der Waals surface area contributed by atoms with Crippen LogP contribution in [0.15, 0.2) is 40.9 Å². The van der Waals surface area contributed by atoms with Gasteiger partial charge in [0.05, 0.1) is 5.56 Å². The van der Waals surface area contributed by atoms with Crippen LogP contribution in [0.25, 0.3) is 0 Å². The largest absolute Gasteiger partial charge is 0.398 e. The zero-order valence-corrected chi connectivity index (χ0v) is 10.7. The number of ketones is 1. The van der Waals surface area contributed by atoms with E-state index in [0.29, 0.717) is 4.47 Å². The van der Waals surface area contributed by atoms with E-state index in [1.807, 2.05) is 0 Å². The van der Waals surface area contributed by atoms with Crippen molar-refractivity contribution < 1.29 is 13.6 Å². The number of carbonyl (C=O) groups is 1. The number of rotatable bonds is 2. The van der Waals surface area contributed by atoms with Gasteiger partial charge in [0.25, 0.3) is 0 Å². The van der Waals surface area contributed by atoms with Crippen LogP contribution >= 0.6 is 15.9 Å². The first-order valence-electron chi connectivity index (χ1n) is 5.04. The molecule has 0 spiro atoms. The molecule has 0 saturated heterocycles. The van der Waals surface area contributed by atoms with E-state index in [1.54, 1.807) is 6.07 Å². The van der Waals surface area contributed by atoms with Gasteiger partial charge in [-0.1, -0.05) is 15.9 Å². The van der Waals surface area contributed by atoms with Gasteiger partial charge in [-0.3, -0.25) is 4.79 Å². The highest BCUT2D eigenvalue weighted by molar-refractivity contribution is 9.10. The van der Waals surface area contributed by atoms with Gasteiger partial charge in [0.2, 0.25) is 0 Å². The SMILES string of the molecule is Nc1ccc(Br)cc1C(=O)c1cc(F)ccc1F. The van der Waals surface area contributed by atoms with Crippen LogP contribution in [0.1, 0.15) is 15.9 Å². The molecule has 2 aromatic rings. The van der Waals surface area contributed by atoms with Gasteiger partial charge in [-0.15, -0.1) is 0 Å². The Morgan fingerprint density at radius 2 is 1.78 bits per heavy atom. The van der Waals surface area contributed by atoms with E-state index in [0.717, 1.165) is 18.2 Å². The first-order valence-corrected chi connectivity index (χ1v) is 5.83. The Balaban J connectivity index is 2.54. The molecule has 92 valence electrons. The summed E-state index contributed by atoms with van der Waals surface area (Å²) in [5, 5.41) is 0. The van der Waals surface area contributed by atoms with Crippen LogP contribution < -0.4 is 5.73 Å². The second-order valence-corrected chi connectivity index (χ2v) is 4.60. The zero-order valence-electron chi connectivity index (χ0n) is 9.08. The molecule has 0 radical (unpaired) electrons. The molecule has 0 fully saturated rings. The second-order valence-electron chi connectivity index (χ2n) is 3.68. The van der Waals surface area contributed by atoms with Crippen molar-refractivity contribution in [2.75, 3.05) is 5.73 Å². The minimum absolute atomic E-state index is 0.133. The number of hydrogen-bond donors (Lipinski definition) is 1. The number of benzene rings is 2. The van der Waals surface area contributed by atoms with Crippen molar-refractivity contribution in [3.05, 3.63) is 63.6 Å². The predicted molar refractivity (Wildman–Crippen MR) is 68.3 cm³/mol.